The van der Waals surface area contributed by atoms with E-state index in [4.69, 9.17) is 5.11 Å². The molecule has 6 nitrogen and oxygen atoms in total. The van der Waals surface area contributed by atoms with Gasteiger partial charge in [0.05, 0.1) is 18.1 Å². The van der Waals surface area contributed by atoms with Crippen LogP contribution >= 0.6 is 0 Å². The summed E-state index contributed by atoms with van der Waals surface area (Å²) in [5.74, 6) is 0.730. The Morgan fingerprint density at radius 2 is 1.94 bits per heavy atom. The minimum Gasteiger partial charge on any atom is -0.396 e. The first-order valence-electron chi connectivity index (χ1n) is 5.91. The number of carbonyl (C=O) groups is 1. The zero-order valence-corrected chi connectivity index (χ0v) is 11.0. The SMILES string of the molecule is CC(C)(C)c1ncc(NC(=O)NCCCO)cn1. The molecule has 0 aliphatic carbocycles. The smallest absolute Gasteiger partial charge is 0.319 e. The predicted molar refractivity (Wildman–Crippen MR) is 69.5 cm³/mol. The van der Waals surface area contributed by atoms with E-state index in [1.165, 1.54) is 0 Å². The van der Waals surface area contributed by atoms with E-state index in [2.05, 4.69) is 20.6 Å². The molecule has 0 aliphatic heterocycles. The molecule has 0 radical (unpaired) electrons. The summed E-state index contributed by atoms with van der Waals surface area (Å²) < 4.78 is 0. The summed E-state index contributed by atoms with van der Waals surface area (Å²) in [6.45, 7) is 6.57. The van der Waals surface area contributed by atoms with Gasteiger partial charge in [-0.15, -0.1) is 0 Å². The van der Waals surface area contributed by atoms with Gasteiger partial charge in [-0.05, 0) is 6.42 Å². The Morgan fingerprint density at radius 1 is 1.33 bits per heavy atom. The van der Waals surface area contributed by atoms with Crippen molar-refractivity contribution in [1.29, 1.82) is 0 Å². The minimum atomic E-state index is -0.324. The molecule has 1 rings (SSSR count). The van der Waals surface area contributed by atoms with Crippen molar-refractivity contribution in [3.8, 4) is 0 Å². The van der Waals surface area contributed by atoms with E-state index >= 15 is 0 Å². The van der Waals surface area contributed by atoms with Crippen LogP contribution in [-0.4, -0.2) is 34.3 Å². The van der Waals surface area contributed by atoms with Crippen molar-refractivity contribution in [2.24, 2.45) is 0 Å². The summed E-state index contributed by atoms with van der Waals surface area (Å²) in [5, 5.41) is 13.8. The molecule has 0 unspecified atom stereocenters. The third-order valence-corrected chi connectivity index (χ3v) is 2.20. The Bertz CT molecular complexity index is 384. The first-order valence-corrected chi connectivity index (χ1v) is 5.91. The Hall–Kier alpha value is -1.69. The lowest BCUT2D eigenvalue weighted by Crippen LogP contribution is -2.30. The molecule has 0 atom stereocenters. The highest BCUT2D eigenvalue weighted by molar-refractivity contribution is 5.88. The monoisotopic (exact) mass is 252 g/mol. The van der Waals surface area contributed by atoms with Gasteiger partial charge in [-0.25, -0.2) is 14.8 Å². The van der Waals surface area contributed by atoms with Gasteiger partial charge in [0.15, 0.2) is 0 Å². The van der Waals surface area contributed by atoms with Gasteiger partial charge < -0.3 is 15.7 Å². The second kappa shape index (κ2) is 6.30. The molecule has 0 saturated heterocycles. The van der Waals surface area contributed by atoms with Crippen molar-refractivity contribution >= 4 is 11.7 Å². The standard InChI is InChI=1S/C12H20N4O2/c1-12(2,3)10-14-7-9(8-15-10)16-11(18)13-5-4-6-17/h7-8,17H,4-6H2,1-3H3,(H2,13,16,18). The normalized spacial score (nSPS) is 11.1. The van der Waals surface area contributed by atoms with Crippen molar-refractivity contribution in [3.63, 3.8) is 0 Å². The first kappa shape index (κ1) is 14.4. The zero-order valence-electron chi connectivity index (χ0n) is 11.0. The van der Waals surface area contributed by atoms with Crippen LogP contribution in [0.3, 0.4) is 0 Å². The highest BCUT2D eigenvalue weighted by Crippen LogP contribution is 2.17. The minimum absolute atomic E-state index is 0.0592. The van der Waals surface area contributed by atoms with E-state index in [1.54, 1.807) is 12.4 Å². The molecule has 2 amide bonds. The highest BCUT2D eigenvalue weighted by Gasteiger charge is 2.16. The largest absolute Gasteiger partial charge is 0.396 e. The summed E-state index contributed by atoms with van der Waals surface area (Å²) in [7, 11) is 0. The van der Waals surface area contributed by atoms with Crippen LogP contribution in [0.4, 0.5) is 10.5 Å². The zero-order chi connectivity index (χ0) is 13.6. The van der Waals surface area contributed by atoms with Crippen molar-refractivity contribution in [2.75, 3.05) is 18.5 Å². The van der Waals surface area contributed by atoms with Gasteiger partial charge in [-0.3, -0.25) is 0 Å². The molecule has 3 N–H and O–H groups in total. The predicted octanol–water partition coefficient (Wildman–Crippen LogP) is 1.28. The molecule has 6 heteroatoms. The number of nitrogens with zero attached hydrogens (tertiary/aromatic N) is 2. The molecule has 0 aromatic carbocycles. The lowest BCUT2D eigenvalue weighted by Gasteiger charge is -2.16. The topological polar surface area (TPSA) is 87.1 Å². The first-order chi connectivity index (χ1) is 8.43. The molecule has 1 aromatic rings. The summed E-state index contributed by atoms with van der Waals surface area (Å²) in [5.41, 5.74) is 0.437. The van der Waals surface area contributed by atoms with E-state index in [9.17, 15) is 4.79 Å². The van der Waals surface area contributed by atoms with Crippen LogP contribution in [-0.2, 0) is 5.41 Å². The van der Waals surface area contributed by atoms with Crippen molar-refractivity contribution < 1.29 is 9.90 Å². The average Bonchev–Trinajstić information content (AvgIpc) is 2.29. The maximum absolute atomic E-state index is 11.4. The van der Waals surface area contributed by atoms with E-state index in [-0.39, 0.29) is 18.1 Å². The molecule has 18 heavy (non-hydrogen) atoms. The quantitative estimate of drug-likeness (QED) is 0.704. The number of rotatable bonds is 4. The number of aliphatic hydroxyl groups excluding tert-OH is 1. The molecular formula is C12H20N4O2. The van der Waals surface area contributed by atoms with Gasteiger partial charge in [0.2, 0.25) is 0 Å². The molecule has 0 aliphatic rings. The van der Waals surface area contributed by atoms with Gasteiger partial charge >= 0.3 is 6.03 Å². The molecule has 0 fully saturated rings. The van der Waals surface area contributed by atoms with Crippen LogP contribution in [0.1, 0.15) is 33.0 Å². The van der Waals surface area contributed by atoms with Crippen LogP contribution in [0.2, 0.25) is 0 Å². The lowest BCUT2D eigenvalue weighted by molar-refractivity contribution is 0.249. The Morgan fingerprint density at radius 3 is 2.44 bits per heavy atom. The third-order valence-electron chi connectivity index (χ3n) is 2.20. The van der Waals surface area contributed by atoms with E-state index in [1.807, 2.05) is 20.8 Å². The van der Waals surface area contributed by atoms with Crippen molar-refractivity contribution in [1.82, 2.24) is 15.3 Å². The van der Waals surface area contributed by atoms with Crippen LogP contribution < -0.4 is 10.6 Å². The molecule has 100 valence electrons. The number of hydrogen-bond acceptors (Lipinski definition) is 4. The van der Waals surface area contributed by atoms with Gasteiger partial charge in [0.25, 0.3) is 0 Å². The maximum atomic E-state index is 11.4. The Kier molecular flexibility index (Phi) is 5.03. The summed E-state index contributed by atoms with van der Waals surface area (Å²) in [6, 6.07) is -0.324. The lowest BCUT2D eigenvalue weighted by atomic mass is 9.96. The maximum Gasteiger partial charge on any atom is 0.319 e. The number of anilines is 1. The molecule has 0 spiro atoms. The fraction of sp³-hybridized carbons (Fsp3) is 0.583. The number of aromatic nitrogens is 2. The highest BCUT2D eigenvalue weighted by atomic mass is 16.3. The second-order valence-electron chi connectivity index (χ2n) is 5.00. The van der Waals surface area contributed by atoms with Gasteiger partial charge in [-0.2, -0.15) is 0 Å². The molecule has 0 bridgehead atoms. The van der Waals surface area contributed by atoms with Gasteiger partial charge in [0.1, 0.15) is 5.82 Å². The number of carbonyl (C=O) groups excluding carboxylic acids is 1. The fourth-order valence-electron chi connectivity index (χ4n) is 1.24. The molecule has 1 aromatic heterocycles. The van der Waals surface area contributed by atoms with Crippen LogP contribution in [0.5, 0.6) is 0 Å². The third kappa shape index (κ3) is 4.67. The number of hydrogen-bond donors (Lipinski definition) is 3. The Labute approximate surface area is 107 Å². The number of aliphatic hydroxyl groups is 1. The number of amides is 2. The Balaban J connectivity index is 2.51. The summed E-state index contributed by atoms with van der Waals surface area (Å²) in [4.78, 5) is 19.8. The average molecular weight is 252 g/mol. The number of nitrogens with one attached hydrogen (secondary N) is 2. The second-order valence-corrected chi connectivity index (χ2v) is 5.00. The summed E-state index contributed by atoms with van der Waals surface area (Å²) in [6.07, 6.45) is 3.70. The van der Waals surface area contributed by atoms with E-state index in [0.29, 0.717) is 18.7 Å². The molecule has 1 heterocycles. The van der Waals surface area contributed by atoms with Crippen LogP contribution in [0.15, 0.2) is 12.4 Å². The van der Waals surface area contributed by atoms with E-state index < -0.39 is 0 Å². The van der Waals surface area contributed by atoms with Crippen molar-refractivity contribution in [3.05, 3.63) is 18.2 Å². The van der Waals surface area contributed by atoms with Gasteiger partial charge in [-0.1, -0.05) is 20.8 Å². The fourth-order valence-corrected chi connectivity index (χ4v) is 1.24. The van der Waals surface area contributed by atoms with Crippen molar-refractivity contribution in [2.45, 2.75) is 32.6 Å². The van der Waals surface area contributed by atoms with Gasteiger partial charge in [0, 0.05) is 18.6 Å². The van der Waals surface area contributed by atoms with Crippen LogP contribution in [0, 0.1) is 0 Å². The van der Waals surface area contributed by atoms with Crippen LogP contribution in [0.25, 0.3) is 0 Å². The molecule has 0 saturated carbocycles. The summed E-state index contributed by atoms with van der Waals surface area (Å²) >= 11 is 0. The number of urea groups is 1. The molecular weight excluding hydrogens is 232 g/mol. The van der Waals surface area contributed by atoms with E-state index in [0.717, 1.165) is 5.82 Å².